The highest BCUT2D eigenvalue weighted by molar-refractivity contribution is 6.23. The summed E-state index contributed by atoms with van der Waals surface area (Å²) in [7, 11) is 0. The molecule has 2 heteroatoms. The van der Waals surface area contributed by atoms with Crippen molar-refractivity contribution in [2.45, 2.75) is 0 Å². The van der Waals surface area contributed by atoms with Gasteiger partial charge in [0.15, 0.2) is 0 Å². The van der Waals surface area contributed by atoms with Crippen LogP contribution in [0.1, 0.15) is 0 Å². The molecule has 0 aliphatic heterocycles. The van der Waals surface area contributed by atoms with E-state index in [1.807, 2.05) is 0 Å². The second kappa shape index (κ2) is 12.2. The van der Waals surface area contributed by atoms with Crippen LogP contribution in [0.5, 0.6) is 0 Å². The number of benzene rings is 10. The van der Waals surface area contributed by atoms with Crippen LogP contribution in [0.15, 0.2) is 206 Å². The highest BCUT2D eigenvalue weighted by Crippen LogP contribution is 2.42. The standard InChI is InChI=1S/C52H34N2/c1-2-14-38-32-43(31-26-35(38)12-1)53(41-15-11-16-42(34-41)54-50-22-9-7-19-46(50)47-20-8-10-23-51(47)54)40-29-27-37(28-30-40)49-33-39-25-24-36-13-3-4-17-44(36)52(39)48-21-6-5-18-45(48)49/h1-34H. The minimum absolute atomic E-state index is 1.10. The molecule has 0 aliphatic rings. The molecule has 0 radical (unpaired) electrons. The van der Waals surface area contributed by atoms with E-state index in [1.54, 1.807) is 0 Å². The third-order valence-electron chi connectivity index (χ3n) is 11.1. The molecule has 0 unspecified atom stereocenters. The van der Waals surface area contributed by atoms with Crippen LogP contribution in [-0.2, 0) is 0 Å². The van der Waals surface area contributed by atoms with Crippen LogP contribution in [0.4, 0.5) is 17.1 Å². The monoisotopic (exact) mass is 686 g/mol. The predicted molar refractivity (Wildman–Crippen MR) is 231 cm³/mol. The fourth-order valence-electron chi connectivity index (χ4n) is 8.64. The molecule has 0 bridgehead atoms. The summed E-state index contributed by atoms with van der Waals surface area (Å²) in [6.45, 7) is 0. The van der Waals surface area contributed by atoms with Crippen LogP contribution in [0.25, 0.3) is 81.7 Å². The molecule has 252 valence electrons. The maximum absolute atomic E-state index is 2.39. The van der Waals surface area contributed by atoms with Gasteiger partial charge in [-0.15, -0.1) is 0 Å². The van der Waals surface area contributed by atoms with E-state index in [0.717, 1.165) is 22.7 Å². The fraction of sp³-hybridized carbons (Fsp3) is 0. The van der Waals surface area contributed by atoms with Crippen molar-refractivity contribution in [1.29, 1.82) is 0 Å². The third kappa shape index (κ3) is 4.81. The van der Waals surface area contributed by atoms with Crippen molar-refractivity contribution in [3.63, 3.8) is 0 Å². The van der Waals surface area contributed by atoms with Gasteiger partial charge in [-0.05, 0) is 115 Å². The van der Waals surface area contributed by atoms with Crippen molar-refractivity contribution in [2.24, 2.45) is 0 Å². The van der Waals surface area contributed by atoms with Gasteiger partial charge in [0.1, 0.15) is 0 Å². The largest absolute Gasteiger partial charge is 0.310 e. The van der Waals surface area contributed by atoms with Crippen molar-refractivity contribution < 1.29 is 0 Å². The molecular weight excluding hydrogens is 653 g/mol. The molecule has 0 amide bonds. The van der Waals surface area contributed by atoms with Crippen molar-refractivity contribution in [2.75, 3.05) is 4.90 Å². The quantitative estimate of drug-likeness (QED) is 0.164. The van der Waals surface area contributed by atoms with Crippen LogP contribution in [0.3, 0.4) is 0 Å². The smallest absolute Gasteiger partial charge is 0.0541 e. The van der Waals surface area contributed by atoms with Gasteiger partial charge in [-0.2, -0.15) is 0 Å². The van der Waals surface area contributed by atoms with Crippen molar-refractivity contribution >= 4 is 82.0 Å². The average Bonchev–Trinajstić information content (AvgIpc) is 3.58. The number of nitrogens with zero attached hydrogens (tertiary/aromatic N) is 2. The van der Waals surface area contributed by atoms with Crippen LogP contribution in [0, 0.1) is 0 Å². The first kappa shape index (κ1) is 30.5. The lowest BCUT2D eigenvalue weighted by atomic mass is 9.91. The molecule has 1 heterocycles. The summed E-state index contributed by atoms with van der Waals surface area (Å²) in [4.78, 5) is 2.39. The topological polar surface area (TPSA) is 8.17 Å². The van der Waals surface area contributed by atoms with Gasteiger partial charge in [-0.25, -0.2) is 0 Å². The second-order valence-electron chi connectivity index (χ2n) is 14.2. The number of anilines is 3. The van der Waals surface area contributed by atoms with E-state index in [1.165, 1.54) is 76.0 Å². The number of para-hydroxylation sites is 2. The zero-order chi connectivity index (χ0) is 35.6. The van der Waals surface area contributed by atoms with Gasteiger partial charge in [-0.3, -0.25) is 0 Å². The minimum Gasteiger partial charge on any atom is -0.310 e. The average molecular weight is 687 g/mol. The Labute approximate surface area is 313 Å². The van der Waals surface area contributed by atoms with Crippen molar-refractivity contribution in [1.82, 2.24) is 4.57 Å². The zero-order valence-electron chi connectivity index (χ0n) is 29.5. The Bertz CT molecular complexity index is 3170. The maximum atomic E-state index is 2.39. The van der Waals surface area contributed by atoms with E-state index < -0.39 is 0 Å². The molecule has 0 aliphatic carbocycles. The van der Waals surface area contributed by atoms with E-state index in [0.29, 0.717) is 0 Å². The first-order valence-corrected chi connectivity index (χ1v) is 18.6. The highest BCUT2D eigenvalue weighted by atomic mass is 15.1. The van der Waals surface area contributed by atoms with E-state index in [2.05, 4.69) is 216 Å². The number of hydrogen-bond donors (Lipinski definition) is 0. The highest BCUT2D eigenvalue weighted by Gasteiger charge is 2.18. The lowest BCUT2D eigenvalue weighted by Crippen LogP contribution is -2.10. The van der Waals surface area contributed by atoms with Gasteiger partial charge in [-0.1, -0.05) is 146 Å². The van der Waals surface area contributed by atoms with Crippen LogP contribution < -0.4 is 4.90 Å². The summed E-state index contributed by atoms with van der Waals surface area (Å²) in [5.41, 5.74) is 9.28. The molecule has 10 aromatic carbocycles. The Morgan fingerprint density at radius 2 is 0.870 bits per heavy atom. The van der Waals surface area contributed by atoms with Gasteiger partial charge in [0, 0.05) is 33.5 Å². The zero-order valence-corrected chi connectivity index (χ0v) is 29.5. The van der Waals surface area contributed by atoms with Crippen LogP contribution in [0.2, 0.25) is 0 Å². The van der Waals surface area contributed by atoms with E-state index in [-0.39, 0.29) is 0 Å². The molecule has 0 N–H and O–H groups in total. The lowest BCUT2D eigenvalue weighted by Gasteiger charge is -2.27. The van der Waals surface area contributed by atoms with Gasteiger partial charge in [0.25, 0.3) is 0 Å². The third-order valence-corrected chi connectivity index (χ3v) is 11.1. The Kier molecular flexibility index (Phi) is 6.90. The lowest BCUT2D eigenvalue weighted by molar-refractivity contribution is 1.17. The number of rotatable bonds is 5. The van der Waals surface area contributed by atoms with Gasteiger partial charge in [0.2, 0.25) is 0 Å². The Balaban J connectivity index is 1.08. The Morgan fingerprint density at radius 1 is 0.315 bits per heavy atom. The van der Waals surface area contributed by atoms with E-state index in [4.69, 9.17) is 0 Å². The van der Waals surface area contributed by atoms with Gasteiger partial charge >= 0.3 is 0 Å². The summed E-state index contributed by atoms with van der Waals surface area (Å²) in [5.74, 6) is 0. The SMILES string of the molecule is c1cc(N(c2ccc(-c3cc4ccc5ccccc5c4c4ccccc34)cc2)c2ccc3ccccc3c2)cc(-n2c3ccccc3c3ccccc32)c1. The van der Waals surface area contributed by atoms with Crippen LogP contribution >= 0.6 is 0 Å². The summed E-state index contributed by atoms with van der Waals surface area (Å²) in [6.07, 6.45) is 0. The van der Waals surface area contributed by atoms with Crippen LogP contribution in [-0.4, -0.2) is 4.57 Å². The first-order valence-electron chi connectivity index (χ1n) is 18.6. The van der Waals surface area contributed by atoms with E-state index >= 15 is 0 Å². The molecule has 0 spiro atoms. The molecule has 2 nitrogen and oxygen atoms in total. The summed E-state index contributed by atoms with van der Waals surface area (Å²) < 4.78 is 2.39. The number of hydrogen-bond acceptors (Lipinski definition) is 1. The minimum atomic E-state index is 1.10. The molecule has 1 aromatic heterocycles. The van der Waals surface area contributed by atoms with Gasteiger partial charge in [0.05, 0.1) is 11.0 Å². The summed E-state index contributed by atoms with van der Waals surface area (Å²) in [6, 6.07) is 75.3. The normalized spacial score (nSPS) is 11.7. The molecule has 0 atom stereocenters. The molecule has 11 rings (SSSR count). The molecular formula is C52H34N2. The molecule has 11 aromatic rings. The predicted octanol–water partition coefficient (Wildman–Crippen LogP) is 14.5. The first-order chi connectivity index (χ1) is 26.8. The van der Waals surface area contributed by atoms with Crippen molar-refractivity contribution in [3.05, 3.63) is 206 Å². The van der Waals surface area contributed by atoms with Gasteiger partial charge < -0.3 is 9.47 Å². The Hall–Kier alpha value is -7.16. The summed E-state index contributed by atoms with van der Waals surface area (Å²) in [5, 5.41) is 12.6. The maximum Gasteiger partial charge on any atom is 0.0541 e. The molecule has 0 saturated carbocycles. The Morgan fingerprint density at radius 3 is 1.63 bits per heavy atom. The number of fused-ring (bicyclic) bond motifs is 9. The van der Waals surface area contributed by atoms with E-state index in [9.17, 15) is 0 Å². The van der Waals surface area contributed by atoms with Crippen molar-refractivity contribution in [3.8, 4) is 16.8 Å². The fourth-order valence-corrected chi connectivity index (χ4v) is 8.64. The number of aromatic nitrogens is 1. The second-order valence-corrected chi connectivity index (χ2v) is 14.2. The molecule has 54 heavy (non-hydrogen) atoms. The summed E-state index contributed by atoms with van der Waals surface area (Å²) >= 11 is 0. The molecule has 0 fully saturated rings. The molecule has 0 saturated heterocycles.